The van der Waals surface area contributed by atoms with E-state index in [0.717, 1.165) is 36.2 Å². The van der Waals surface area contributed by atoms with E-state index in [-0.39, 0.29) is 6.03 Å². The number of anilines is 1. The van der Waals surface area contributed by atoms with E-state index in [1.807, 2.05) is 47.7 Å². The van der Waals surface area contributed by atoms with Crippen LogP contribution in [0.1, 0.15) is 22.9 Å². The summed E-state index contributed by atoms with van der Waals surface area (Å²) in [5.74, 6) is 0. The summed E-state index contributed by atoms with van der Waals surface area (Å²) in [5, 5.41) is 7.16. The van der Waals surface area contributed by atoms with E-state index in [1.54, 1.807) is 0 Å². The first kappa shape index (κ1) is 19.2. The monoisotopic (exact) mass is 458 g/mol. The molecule has 0 bridgehead atoms. The van der Waals surface area contributed by atoms with Gasteiger partial charge in [-0.1, -0.05) is 19.1 Å². The fourth-order valence-corrected chi connectivity index (χ4v) is 5.29. The van der Waals surface area contributed by atoms with Gasteiger partial charge < -0.3 is 15.2 Å². The minimum Gasteiger partial charge on any atom is -0.334 e. The fourth-order valence-electron chi connectivity index (χ4n) is 3.54. The number of carbonyl (C=O) groups is 1. The van der Waals surface area contributed by atoms with Crippen LogP contribution < -0.4 is 10.6 Å². The molecular weight excluding hydrogens is 436 g/mol. The molecule has 1 aromatic carbocycles. The molecule has 0 unspecified atom stereocenters. The molecule has 7 heteroatoms. The zero-order valence-corrected chi connectivity index (χ0v) is 18.1. The van der Waals surface area contributed by atoms with E-state index in [2.05, 4.69) is 55.3 Å². The lowest BCUT2D eigenvalue weighted by Gasteiger charge is -2.25. The maximum absolute atomic E-state index is 12.5. The Morgan fingerprint density at radius 1 is 1.21 bits per heavy atom. The van der Waals surface area contributed by atoms with Crippen molar-refractivity contribution in [2.45, 2.75) is 26.4 Å². The third-order valence-corrected chi connectivity index (χ3v) is 7.02. The number of nitrogens with zero attached hydrogens (tertiary/aromatic N) is 2. The van der Waals surface area contributed by atoms with E-state index in [9.17, 15) is 4.79 Å². The van der Waals surface area contributed by atoms with Crippen molar-refractivity contribution >= 4 is 39.0 Å². The standard InChI is InChI=1S/C21H23BrN4OS/c1-2-25-12-9-15-16(20(28-19(15)14-25)26-10-5-6-11-26)13-23-21(27)24-18-8-4-3-7-17(18)22/h3-8,10-11H,2,9,12-14H2,1H3,(H2,23,24,27). The molecule has 4 rings (SSSR count). The summed E-state index contributed by atoms with van der Waals surface area (Å²) in [4.78, 5) is 16.4. The van der Waals surface area contributed by atoms with Gasteiger partial charge in [0, 0.05) is 46.9 Å². The van der Waals surface area contributed by atoms with Crippen molar-refractivity contribution in [3.8, 4) is 5.00 Å². The van der Waals surface area contributed by atoms with Gasteiger partial charge in [-0.3, -0.25) is 4.90 Å². The number of aromatic nitrogens is 1. The summed E-state index contributed by atoms with van der Waals surface area (Å²) in [6, 6.07) is 11.5. The van der Waals surface area contributed by atoms with Crippen molar-refractivity contribution in [2.24, 2.45) is 0 Å². The number of fused-ring (bicyclic) bond motifs is 1. The van der Waals surface area contributed by atoms with Gasteiger partial charge in [0.2, 0.25) is 0 Å². The first-order valence-corrected chi connectivity index (χ1v) is 11.0. The van der Waals surface area contributed by atoms with Crippen LogP contribution in [0.15, 0.2) is 53.3 Å². The predicted octanol–water partition coefficient (Wildman–Crippen LogP) is 5.00. The number of rotatable bonds is 5. The van der Waals surface area contributed by atoms with Gasteiger partial charge in [0.25, 0.3) is 0 Å². The molecule has 2 N–H and O–H groups in total. The molecule has 0 saturated heterocycles. The number of halogens is 1. The molecule has 0 saturated carbocycles. The van der Waals surface area contributed by atoms with Crippen LogP contribution in [0.5, 0.6) is 0 Å². The molecule has 0 spiro atoms. The van der Waals surface area contributed by atoms with Crippen LogP contribution in [0.3, 0.4) is 0 Å². The normalized spacial score (nSPS) is 13.9. The largest absolute Gasteiger partial charge is 0.334 e. The second kappa shape index (κ2) is 8.51. The third kappa shape index (κ3) is 4.01. The van der Waals surface area contributed by atoms with Crippen LogP contribution >= 0.6 is 27.3 Å². The van der Waals surface area contributed by atoms with Crippen LogP contribution in [-0.2, 0) is 19.5 Å². The van der Waals surface area contributed by atoms with E-state index in [0.29, 0.717) is 6.54 Å². The summed E-state index contributed by atoms with van der Waals surface area (Å²) in [7, 11) is 0. The average Bonchev–Trinajstić information content (AvgIpc) is 3.35. The van der Waals surface area contributed by atoms with Crippen molar-refractivity contribution in [2.75, 3.05) is 18.4 Å². The van der Waals surface area contributed by atoms with Crippen molar-refractivity contribution in [3.05, 3.63) is 69.3 Å². The number of thiophene rings is 1. The Hall–Kier alpha value is -2.09. The molecule has 2 aromatic heterocycles. The van der Waals surface area contributed by atoms with Crippen LogP contribution in [0, 0.1) is 0 Å². The summed E-state index contributed by atoms with van der Waals surface area (Å²) in [6.45, 7) is 5.86. The van der Waals surface area contributed by atoms with Crippen LogP contribution in [0.2, 0.25) is 0 Å². The van der Waals surface area contributed by atoms with Gasteiger partial charge in [0.05, 0.1) is 5.69 Å². The number of benzene rings is 1. The van der Waals surface area contributed by atoms with E-state index in [1.165, 1.54) is 21.0 Å². The van der Waals surface area contributed by atoms with Gasteiger partial charge in [-0.05, 0) is 58.7 Å². The van der Waals surface area contributed by atoms with Crippen molar-refractivity contribution in [1.82, 2.24) is 14.8 Å². The highest BCUT2D eigenvalue weighted by molar-refractivity contribution is 9.10. The second-order valence-corrected chi connectivity index (χ2v) is 8.72. The van der Waals surface area contributed by atoms with Gasteiger partial charge in [0.15, 0.2) is 0 Å². The summed E-state index contributed by atoms with van der Waals surface area (Å²) < 4.78 is 3.02. The van der Waals surface area contributed by atoms with Crippen LogP contribution in [0.4, 0.5) is 10.5 Å². The van der Waals surface area contributed by atoms with Gasteiger partial charge in [0.1, 0.15) is 5.00 Å². The lowest BCUT2D eigenvalue weighted by molar-refractivity contribution is 0.251. The highest BCUT2D eigenvalue weighted by Crippen LogP contribution is 2.35. The Balaban J connectivity index is 1.54. The van der Waals surface area contributed by atoms with E-state index < -0.39 is 0 Å². The quantitative estimate of drug-likeness (QED) is 0.564. The fraction of sp³-hybridized carbons (Fsp3) is 0.286. The highest BCUT2D eigenvalue weighted by Gasteiger charge is 2.24. The SMILES string of the molecule is CCN1CCc2c(sc(-n3cccc3)c2CNC(=O)Nc2ccccc2Br)C1. The number of likely N-dealkylation sites (N-methyl/N-ethyl adjacent to an activating group) is 1. The molecule has 146 valence electrons. The molecule has 1 aliphatic rings. The van der Waals surface area contributed by atoms with E-state index >= 15 is 0 Å². The summed E-state index contributed by atoms with van der Waals surface area (Å²) >= 11 is 5.30. The van der Waals surface area contributed by atoms with Gasteiger partial charge in [-0.15, -0.1) is 11.3 Å². The molecular formula is C21H23BrN4OS. The molecule has 2 amide bonds. The van der Waals surface area contributed by atoms with E-state index in [4.69, 9.17) is 0 Å². The molecule has 0 aliphatic carbocycles. The zero-order valence-electron chi connectivity index (χ0n) is 15.7. The number of nitrogens with one attached hydrogen (secondary N) is 2. The molecule has 3 aromatic rings. The summed E-state index contributed by atoms with van der Waals surface area (Å²) in [5.41, 5.74) is 3.39. The van der Waals surface area contributed by atoms with Gasteiger partial charge in [-0.2, -0.15) is 0 Å². The minimum absolute atomic E-state index is 0.198. The van der Waals surface area contributed by atoms with Crippen LogP contribution in [-0.4, -0.2) is 28.6 Å². The molecule has 3 heterocycles. The Kier molecular flexibility index (Phi) is 5.85. The smallest absolute Gasteiger partial charge is 0.319 e. The highest BCUT2D eigenvalue weighted by atomic mass is 79.9. The maximum Gasteiger partial charge on any atom is 0.319 e. The molecule has 0 radical (unpaired) electrons. The predicted molar refractivity (Wildman–Crippen MR) is 118 cm³/mol. The zero-order chi connectivity index (χ0) is 19.5. The number of hydrogen-bond donors (Lipinski definition) is 2. The average molecular weight is 459 g/mol. The molecule has 0 fully saturated rings. The Morgan fingerprint density at radius 3 is 2.75 bits per heavy atom. The van der Waals surface area contributed by atoms with Gasteiger partial charge >= 0.3 is 6.03 Å². The Labute approximate surface area is 177 Å². The van der Waals surface area contributed by atoms with Crippen molar-refractivity contribution in [1.29, 1.82) is 0 Å². The Morgan fingerprint density at radius 2 is 2.00 bits per heavy atom. The number of carbonyl (C=O) groups excluding carboxylic acids is 1. The number of amides is 2. The van der Waals surface area contributed by atoms with Crippen molar-refractivity contribution in [3.63, 3.8) is 0 Å². The number of urea groups is 1. The van der Waals surface area contributed by atoms with Gasteiger partial charge in [-0.25, -0.2) is 4.79 Å². The molecule has 28 heavy (non-hydrogen) atoms. The maximum atomic E-state index is 12.5. The first-order valence-electron chi connectivity index (χ1n) is 9.44. The lowest BCUT2D eigenvalue weighted by atomic mass is 10.0. The van der Waals surface area contributed by atoms with Crippen molar-refractivity contribution < 1.29 is 4.79 Å². The molecule has 1 aliphatic heterocycles. The summed E-state index contributed by atoms with van der Waals surface area (Å²) in [6.07, 6.45) is 5.17. The minimum atomic E-state index is -0.198. The number of hydrogen-bond acceptors (Lipinski definition) is 3. The Bertz CT molecular complexity index is 967. The second-order valence-electron chi connectivity index (χ2n) is 6.78. The molecule has 0 atom stereocenters. The third-order valence-electron chi connectivity index (χ3n) is 5.06. The molecule has 5 nitrogen and oxygen atoms in total. The lowest BCUT2D eigenvalue weighted by Crippen LogP contribution is -2.31. The first-order chi connectivity index (χ1) is 13.7. The number of para-hydroxylation sites is 1. The van der Waals surface area contributed by atoms with Crippen LogP contribution in [0.25, 0.3) is 5.00 Å². The topological polar surface area (TPSA) is 49.3 Å².